The topological polar surface area (TPSA) is 29.5 Å². The summed E-state index contributed by atoms with van der Waals surface area (Å²) >= 11 is 0. The summed E-state index contributed by atoms with van der Waals surface area (Å²) in [7, 11) is 1.71. The number of rotatable bonds is 2. The quantitative estimate of drug-likeness (QED) is 0.779. The second-order valence-corrected chi connectivity index (χ2v) is 3.84. The molecular formula is C12H16O2. The molecule has 1 aromatic carbocycles. The molecule has 0 aliphatic heterocycles. The third-order valence-electron chi connectivity index (χ3n) is 2.91. The Hall–Kier alpha value is -1.02. The van der Waals surface area contributed by atoms with E-state index in [4.69, 9.17) is 4.74 Å². The van der Waals surface area contributed by atoms with E-state index in [0.29, 0.717) is 12.4 Å². The minimum Gasteiger partial charge on any atom is -0.508 e. The molecule has 0 atom stereocenters. The first-order chi connectivity index (χ1) is 6.83. The van der Waals surface area contributed by atoms with Gasteiger partial charge in [-0.05, 0) is 48.4 Å². The van der Waals surface area contributed by atoms with E-state index < -0.39 is 0 Å². The van der Waals surface area contributed by atoms with E-state index in [1.807, 2.05) is 6.07 Å². The van der Waals surface area contributed by atoms with Gasteiger partial charge in [0.1, 0.15) is 5.75 Å². The predicted molar refractivity (Wildman–Crippen MR) is 55.5 cm³/mol. The van der Waals surface area contributed by atoms with Gasteiger partial charge in [0, 0.05) is 7.11 Å². The molecule has 2 nitrogen and oxygen atoms in total. The molecule has 0 radical (unpaired) electrons. The summed E-state index contributed by atoms with van der Waals surface area (Å²) in [6.07, 6.45) is 4.52. The first kappa shape index (κ1) is 9.53. The molecule has 0 amide bonds. The molecule has 0 unspecified atom stereocenters. The van der Waals surface area contributed by atoms with Crippen molar-refractivity contribution >= 4 is 0 Å². The summed E-state index contributed by atoms with van der Waals surface area (Å²) in [5, 5.41) is 9.71. The van der Waals surface area contributed by atoms with Gasteiger partial charge in [0.25, 0.3) is 0 Å². The van der Waals surface area contributed by atoms with Gasteiger partial charge in [0.15, 0.2) is 0 Å². The summed E-state index contributed by atoms with van der Waals surface area (Å²) in [5.41, 5.74) is 3.70. The third kappa shape index (κ3) is 1.62. The highest BCUT2D eigenvalue weighted by Crippen LogP contribution is 2.31. The second-order valence-electron chi connectivity index (χ2n) is 3.84. The fourth-order valence-corrected chi connectivity index (χ4v) is 2.21. The van der Waals surface area contributed by atoms with Crippen LogP contribution in [0.3, 0.4) is 0 Å². The molecule has 2 heteroatoms. The van der Waals surface area contributed by atoms with Gasteiger partial charge in [-0.15, -0.1) is 0 Å². The van der Waals surface area contributed by atoms with E-state index in [1.54, 1.807) is 13.2 Å². The van der Waals surface area contributed by atoms with E-state index in [9.17, 15) is 5.11 Å². The van der Waals surface area contributed by atoms with Crippen molar-refractivity contribution in [2.45, 2.75) is 32.3 Å². The van der Waals surface area contributed by atoms with Gasteiger partial charge in [0.2, 0.25) is 0 Å². The van der Waals surface area contributed by atoms with Gasteiger partial charge in [-0.25, -0.2) is 0 Å². The molecule has 0 spiro atoms. The van der Waals surface area contributed by atoms with Crippen LogP contribution in [-0.2, 0) is 24.2 Å². The maximum atomic E-state index is 9.71. The van der Waals surface area contributed by atoms with Crippen LogP contribution in [0.25, 0.3) is 0 Å². The Bertz CT molecular complexity index is 331. The van der Waals surface area contributed by atoms with Gasteiger partial charge in [-0.3, -0.25) is 0 Å². The number of aromatic hydroxyl groups is 1. The fourth-order valence-electron chi connectivity index (χ4n) is 2.21. The van der Waals surface area contributed by atoms with Crippen molar-refractivity contribution in [1.82, 2.24) is 0 Å². The first-order valence-electron chi connectivity index (χ1n) is 5.14. The van der Waals surface area contributed by atoms with Gasteiger partial charge in [-0.2, -0.15) is 0 Å². The van der Waals surface area contributed by atoms with E-state index >= 15 is 0 Å². The smallest absolute Gasteiger partial charge is 0.119 e. The molecule has 0 heterocycles. The highest BCUT2D eigenvalue weighted by molar-refractivity contribution is 5.45. The zero-order valence-corrected chi connectivity index (χ0v) is 8.55. The molecule has 1 N–H and O–H groups in total. The number of hydrogen-bond acceptors (Lipinski definition) is 2. The number of ether oxygens (including phenoxy) is 1. The Kier molecular flexibility index (Phi) is 2.73. The molecule has 1 aliphatic carbocycles. The van der Waals surface area contributed by atoms with Gasteiger partial charge in [0.05, 0.1) is 6.61 Å². The number of fused-ring (bicyclic) bond motifs is 1. The third-order valence-corrected chi connectivity index (χ3v) is 2.91. The van der Waals surface area contributed by atoms with Gasteiger partial charge >= 0.3 is 0 Å². The lowest BCUT2D eigenvalue weighted by Gasteiger charge is -2.20. The molecule has 14 heavy (non-hydrogen) atoms. The lowest BCUT2D eigenvalue weighted by molar-refractivity contribution is 0.183. The molecule has 0 saturated heterocycles. The van der Waals surface area contributed by atoms with Gasteiger partial charge in [-0.1, -0.05) is 6.07 Å². The average molecular weight is 192 g/mol. The van der Waals surface area contributed by atoms with Crippen molar-refractivity contribution in [3.05, 3.63) is 28.8 Å². The van der Waals surface area contributed by atoms with Crippen molar-refractivity contribution in [2.75, 3.05) is 7.11 Å². The van der Waals surface area contributed by atoms with Crippen molar-refractivity contribution in [3.63, 3.8) is 0 Å². The van der Waals surface area contributed by atoms with E-state index in [-0.39, 0.29) is 0 Å². The van der Waals surface area contributed by atoms with Crippen molar-refractivity contribution in [1.29, 1.82) is 0 Å². The molecule has 0 saturated carbocycles. The zero-order chi connectivity index (χ0) is 9.97. The molecule has 0 fully saturated rings. The molecule has 0 aromatic heterocycles. The summed E-state index contributed by atoms with van der Waals surface area (Å²) in [6.45, 7) is 0.655. The summed E-state index contributed by atoms with van der Waals surface area (Å²) < 4.78 is 5.15. The van der Waals surface area contributed by atoms with Crippen LogP contribution in [-0.4, -0.2) is 12.2 Å². The lowest BCUT2D eigenvalue weighted by Crippen LogP contribution is -2.07. The predicted octanol–water partition coefficient (Wildman–Crippen LogP) is 2.42. The van der Waals surface area contributed by atoms with Crippen LogP contribution >= 0.6 is 0 Å². The van der Waals surface area contributed by atoms with Crippen molar-refractivity contribution < 1.29 is 9.84 Å². The standard InChI is InChI=1S/C12H16O2/c1-14-8-9-6-7-12(13)11-5-3-2-4-10(9)11/h6-7,13H,2-5,8H2,1H3. The van der Waals surface area contributed by atoms with Crippen LogP contribution in [0.4, 0.5) is 0 Å². The number of methoxy groups -OCH3 is 1. The Morgan fingerprint density at radius 2 is 1.93 bits per heavy atom. The number of phenolic OH excluding ortho intramolecular Hbond substituents is 1. The maximum absolute atomic E-state index is 9.71. The molecular weight excluding hydrogens is 176 g/mol. The van der Waals surface area contributed by atoms with Crippen LogP contribution in [0.1, 0.15) is 29.5 Å². The normalized spacial score (nSPS) is 15.2. The highest BCUT2D eigenvalue weighted by atomic mass is 16.5. The van der Waals surface area contributed by atoms with Crippen LogP contribution in [0.5, 0.6) is 5.75 Å². The molecule has 2 rings (SSSR count). The van der Waals surface area contributed by atoms with Crippen LogP contribution in [0.15, 0.2) is 12.1 Å². The van der Waals surface area contributed by atoms with E-state index in [2.05, 4.69) is 0 Å². The second kappa shape index (κ2) is 4.01. The van der Waals surface area contributed by atoms with Gasteiger partial charge < -0.3 is 9.84 Å². The largest absolute Gasteiger partial charge is 0.508 e. The van der Waals surface area contributed by atoms with Crippen LogP contribution < -0.4 is 0 Å². The maximum Gasteiger partial charge on any atom is 0.119 e. The Balaban J connectivity index is 2.42. The number of hydrogen-bond donors (Lipinski definition) is 1. The monoisotopic (exact) mass is 192 g/mol. The Labute approximate surface area is 84.5 Å². The lowest BCUT2D eigenvalue weighted by atomic mass is 9.88. The van der Waals surface area contributed by atoms with Crippen molar-refractivity contribution in [3.8, 4) is 5.75 Å². The van der Waals surface area contributed by atoms with E-state index in [0.717, 1.165) is 18.4 Å². The van der Waals surface area contributed by atoms with Crippen LogP contribution in [0.2, 0.25) is 0 Å². The zero-order valence-electron chi connectivity index (χ0n) is 8.55. The highest BCUT2D eigenvalue weighted by Gasteiger charge is 2.16. The summed E-state index contributed by atoms with van der Waals surface area (Å²) in [6, 6.07) is 3.77. The minimum absolute atomic E-state index is 0.458. The Morgan fingerprint density at radius 1 is 1.21 bits per heavy atom. The van der Waals surface area contributed by atoms with E-state index in [1.165, 1.54) is 24.0 Å². The SMILES string of the molecule is COCc1ccc(O)c2c1CCCC2. The number of phenols is 1. The molecule has 76 valence electrons. The molecule has 1 aromatic rings. The van der Waals surface area contributed by atoms with Crippen molar-refractivity contribution in [2.24, 2.45) is 0 Å². The summed E-state index contributed by atoms with van der Waals surface area (Å²) in [4.78, 5) is 0. The molecule has 1 aliphatic rings. The fraction of sp³-hybridized carbons (Fsp3) is 0.500. The first-order valence-corrected chi connectivity index (χ1v) is 5.14. The Morgan fingerprint density at radius 3 is 2.64 bits per heavy atom. The minimum atomic E-state index is 0.458. The van der Waals surface area contributed by atoms with Crippen LogP contribution in [0, 0.1) is 0 Å². The average Bonchev–Trinajstić information content (AvgIpc) is 2.23. The molecule has 0 bridgehead atoms. The summed E-state index contributed by atoms with van der Waals surface area (Å²) in [5.74, 6) is 0.458. The number of benzene rings is 1.